The Labute approximate surface area is 123 Å². The Bertz CT molecular complexity index is 602. The number of hydrogen-bond donors (Lipinski definition) is 2. The molecule has 0 aliphatic heterocycles. The van der Waals surface area contributed by atoms with Crippen LogP contribution >= 0.6 is 0 Å². The van der Waals surface area contributed by atoms with Crippen LogP contribution < -0.4 is 5.73 Å². The highest BCUT2D eigenvalue weighted by Gasteiger charge is 2.23. The Morgan fingerprint density at radius 1 is 0.905 bits per heavy atom. The smallest absolute Gasteiger partial charge is 0.126 e. The molecule has 0 heterocycles. The summed E-state index contributed by atoms with van der Waals surface area (Å²) < 4.78 is 26.7. The Kier molecular flexibility index (Phi) is 4.70. The minimum Gasteiger partial charge on any atom is -0.388 e. The van der Waals surface area contributed by atoms with Crippen molar-refractivity contribution in [2.24, 2.45) is 5.73 Å². The van der Waals surface area contributed by atoms with Gasteiger partial charge in [0, 0.05) is 18.5 Å². The molecule has 0 aromatic heterocycles. The van der Waals surface area contributed by atoms with Gasteiger partial charge in [-0.25, -0.2) is 8.78 Å². The summed E-state index contributed by atoms with van der Waals surface area (Å²) in [5, 5.41) is 10.5. The van der Waals surface area contributed by atoms with E-state index in [-0.39, 0.29) is 6.54 Å². The Morgan fingerprint density at radius 3 is 1.90 bits per heavy atom. The van der Waals surface area contributed by atoms with Crippen LogP contribution in [-0.2, 0) is 0 Å². The molecule has 2 aromatic rings. The normalized spacial score (nSPS) is 14.0. The number of benzene rings is 2. The van der Waals surface area contributed by atoms with Gasteiger partial charge in [0.1, 0.15) is 11.6 Å². The molecule has 21 heavy (non-hydrogen) atoms. The summed E-state index contributed by atoms with van der Waals surface area (Å²) in [7, 11) is 0. The predicted molar refractivity (Wildman–Crippen MR) is 79.0 cm³/mol. The van der Waals surface area contributed by atoms with Crippen molar-refractivity contribution in [1.82, 2.24) is 0 Å². The summed E-state index contributed by atoms with van der Waals surface area (Å²) in [5.74, 6) is -1.90. The van der Waals surface area contributed by atoms with Crippen molar-refractivity contribution in [2.45, 2.75) is 25.9 Å². The lowest BCUT2D eigenvalue weighted by atomic mass is 9.88. The number of aliphatic hydroxyl groups is 1. The molecule has 3 N–H and O–H groups in total. The van der Waals surface area contributed by atoms with Crippen LogP contribution in [0.15, 0.2) is 36.4 Å². The second kappa shape index (κ2) is 6.33. The summed E-state index contributed by atoms with van der Waals surface area (Å²) in [5.41, 5.74) is 8.82. The average Bonchev–Trinajstić information content (AvgIpc) is 2.37. The molecule has 0 aliphatic carbocycles. The maximum atomic E-state index is 13.4. The fraction of sp³-hybridized carbons (Fsp3) is 0.294. The van der Waals surface area contributed by atoms with Gasteiger partial charge in [-0.2, -0.15) is 0 Å². The van der Waals surface area contributed by atoms with E-state index in [9.17, 15) is 13.9 Å². The van der Waals surface area contributed by atoms with E-state index in [1.165, 1.54) is 12.1 Å². The largest absolute Gasteiger partial charge is 0.388 e. The lowest BCUT2D eigenvalue weighted by Crippen LogP contribution is -2.20. The van der Waals surface area contributed by atoms with Gasteiger partial charge in [0.15, 0.2) is 0 Å². The van der Waals surface area contributed by atoms with Crippen LogP contribution in [0, 0.1) is 25.5 Å². The third-order valence-corrected chi connectivity index (χ3v) is 3.53. The summed E-state index contributed by atoms with van der Waals surface area (Å²) in [6, 6.07) is 8.95. The maximum Gasteiger partial charge on any atom is 0.126 e. The van der Waals surface area contributed by atoms with E-state index in [0.29, 0.717) is 11.1 Å². The first-order valence-corrected chi connectivity index (χ1v) is 6.83. The standard InChI is InChI=1S/C17H19F2NO/c1-10-3-11(2)5-13(4-10)17(21)16(9-20)12-6-14(18)8-15(19)7-12/h3-8,16-17,21H,9,20H2,1-2H3. The summed E-state index contributed by atoms with van der Waals surface area (Å²) in [4.78, 5) is 0. The molecule has 2 atom stereocenters. The molecule has 0 spiro atoms. The lowest BCUT2D eigenvalue weighted by Gasteiger charge is -2.23. The van der Waals surface area contributed by atoms with Gasteiger partial charge in [-0.3, -0.25) is 0 Å². The summed E-state index contributed by atoms with van der Waals surface area (Å²) in [6.07, 6.45) is -0.908. The highest BCUT2D eigenvalue weighted by molar-refractivity contribution is 5.33. The molecule has 0 saturated carbocycles. The van der Waals surface area contributed by atoms with E-state index < -0.39 is 23.7 Å². The molecule has 2 unspecified atom stereocenters. The fourth-order valence-electron chi connectivity index (χ4n) is 2.65. The average molecular weight is 291 g/mol. The Balaban J connectivity index is 2.40. The highest BCUT2D eigenvalue weighted by atomic mass is 19.1. The molecule has 112 valence electrons. The van der Waals surface area contributed by atoms with Gasteiger partial charge < -0.3 is 10.8 Å². The van der Waals surface area contributed by atoms with Crippen molar-refractivity contribution >= 4 is 0 Å². The second-order valence-corrected chi connectivity index (χ2v) is 5.41. The van der Waals surface area contributed by atoms with Crippen LogP contribution in [0.4, 0.5) is 8.78 Å². The first-order chi connectivity index (χ1) is 9.90. The molecule has 2 rings (SSSR count). The van der Waals surface area contributed by atoms with Gasteiger partial charge in [-0.05, 0) is 37.1 Å². The van der Waals surface area contributed by atoms with Gasteiger partial charge >= 0.3 is 0 Å². The van der Waals surface area contributed by atoms with Crippen molar-refractivity contribution in [2.75, 3.05) is 6.54 Å². The lowest BCUT2D eigenvalue weighted by molar-refractivity contribution is 0.147. The number of rotatable bonds is 4. The number of hydrogen-bond acceptors (Lipinski definition) is 2. The topological polar surface area (TPSA) is 46.2 Å². The van der Waals surface area contributed by atoms with E-state index in [0.717, 1.165) is 17.2 Å². The summed E-state index contributed by atoms with van der Waals surface area (Å²) >= 11 is 0. The molecule has 2 aromatic carbocycles. The van der Waals surface area contributed by atoms with E-state index in [4.69, 9.17) is 5.73 Å². The molecule has 0 bridgehead atoms. The van der Waals surface area contributed by atoms with E-state index >= 15 is 0 Å². The van der Waals surface area contributed by atoms with Crippen LogP contribution in [0.3, 0.4) is 0 Å². The second-order valence-electron chi connectivity index (χ2n) is 5.41. The van der Waals surface area contributed by atoms with Crippen LogP contribution in [-0.4, -0.2) is 11.7 Å². The van der Waals surface area contributed by atoms with Crippen LogP contribution in [0.5, 0.6) is 0 Å². The van der Waals surface area contributed by atoms with E-state index in [2.05, 4.69) is 0 Å². The van der Waals surface area contributed by atoms with E-state index in [1.54, 1.807) is 0 Å². The third-order valence-electron chi connectivity index (χ3n) is 3.53. The number of halogens is 2. The first-order valence-electron chi connectivity index (χ1n) is 6.83. The molecule has 2 nitrogen and oxygen atoms in total. The quantitative estimate of drug-likeness (QED) is 0.907. The van der Waals surface area contributed by atoms with E-state index in [1.807, 2.05) is 32.0 Å². The molecule has 4 heteroatoms. The number of aryl methyl sites for hydroxylation is 2. The van der Waals surface area contributed by atoms with Crippen molar-refractivity contribution in [3.05, 3.63) is 70.3 Å². The minimum absolute atomic E-state index is 0.0943. The number of aliphatic hydroxyl groups excluding tert-OH is 1. The fourth-order valence-corrected chi connectivity index (χ4v) is 2.65. The Hall–Kier alpha value is -1.78. The molecule has 0 radical (unpaired) electrons. The van der Waals surface area contributed by atoms with Crippen molar-refractivity contribution < 1.29 is 13.9 Å². The molecular weight excluding hydrogens is 272 g/mol. The van der Waals surface area contributed by atoms with Crippen molar-refractivity contribution in [1.29, 1.82) is 0 Å². The molecule has 0 fully saturated rings. The summed E-state index contributed by atoms with van der Waals surface area (Å²) in [6.45, 7) is 3.96. The molecular formula is C17H19F2NO. The van der Waals surface area contributed by atoms with Crippen molar-refractivity contribution in [3.8, 4) is 0 Å². The Morgan fingerprint density at radius 2 is 1.43 bits per heavy atom. The first kappa shape index (κ1) is 15.6. The van der Waals surface area contributed by atoms with Gasteiger partial charge in [0.05, 0.1) is 6.10 Å². The van der Waals surface area contributed by atoms with Gasteiger partial charge in [-0.15, -0.1) is 0 Å². The zero-order valence-electron chi connectivity index (χ0n) is 12.1. The van der Waals surface area contributed by atoms with Crippen LogP contribution in [0.2, 0.25) is 0 Å². The minimum atomic E-state index is -0.908. The number of nitrogens with two attached hydrogens (primary N) is 1. The van der Waals surface area contributed by atoms with Crippen molar-refractivity contribution in [3.63, 3.8) is 0 Å². The predicted octanol–water partition coefficient (Wildman–Crippen LogP) is 3.36. The SMILES string of the molecule is Cc1cc(C)cc(C(O)C(CN)c2cc(F)cc(F)c2)c1. The maximum absolute atomic E-state index is 13.4. The monoisotopic (exact) mass is 291 g/mol. The van der Waals surface area contributed by atoms with Crippen LogP contribution in [0.1, 0.15) is 34.3 Å². The van der Waals surface area contributed by atoms with Gasteiger partial charge in [-0.1, -0.05) is 29.3 Å². The van der Waals surface area contributed by atoms with Crippen LogP contribution in [0.25, 0.3) is 0 Å². The third kappa shape index (κ3) is 3.65. The molecule has 0 aliphatic rings. The van der Waals surface area contributed by atoms with Gasteiger partial charge in [0.2, 0.25) is 0 Å². The highest BCUT2D eigenvalue weighted by Crippen LogP contribution is 2.32. The molecule has 0 amide bonds. The molecule has 0 saturated heterocycles. The van der Waals surface area contributed by atoms with Gasteiger partial charge in [0.25, 0.3) is 0 Å². The zero-order valence-corrected chi connectivity index (χ0v) is 12.1. The zero-order chi connectivity index (χ0) is 15.6.